The van der Waals surface area contributed by atoms with Crippen LogP contribution in [0.1, 0.15) is 15.2 Å². The van der Waals surface area contributed by atoms with E-state index in [-0.39, 0.29) is 17.7 Å². The number of thiophene rings is 1. The van der Waals surface area contributed by atoms with E-state index in [9.17, 15) is 9.59 Å². The van der Waals surface area contributed by atoms with Crippen LogP contribution in [0.25, 0.3) is 0 Å². The van der Waals surface area contributed by atoms with Gasteiger partial charge in [0.2, 0.25) is 5.91 Å². The molecule has 2 heterocycles. The molecule has 27 heavy (non-hydrogen) atoms. The minimum absolute atomic E-state index is 0.0914. The van der Waals surface area contributed by atoms with E-state index < -0.39 is 0 Å². The van der Waals surface area contributed by atoms with Gasteiger partial charge in [0.05, 0.1) is 10.8 Å². The van der Waals surface area contributed by atoms with Gasteiger partial charge in [-0.1, -0.05) is 30.3 Å². The predicted octanol–water partition coefficient (Wildman–Crippen LogP) is 4.19. The molecule has 5 nitrogen and oxygen atoms in total. The summed E-state index contributed by atoms with van der Waals surface area (Å²) in [5.74, 6) is 0.348. The second kappa shape index (κ2) is 7.63. The van der Waals surface area contributed by atoms with Crippen molar-refractivity contribution in [2.24, 2.45) is 5.92 Å². The summed E-state index contributed by atoms with van der Waals surface area (Å²) in [6.45, 7) is 0.359. The molecule has 2 aromatic carbocycles. The number of benzene rings is 2. The molecule has 4 rings (SSSR count). The van der Waals surface area contributed by atoms with Crippen molar-refractivity contribution in [3.8, 4) is 5.75 Å². The third-order valence-electron chi connectivity index (χ3n) is 4.38. The molecule has 1 atom stereocenters. The lowest BCUT2D eigenvalue weighted by Crippen LogP contribution is -2.32. The molecule has 1 aliphatic heterocycles. The number of rotatable bonds is 4. The molecule has 0 radical (unpaired) electrons. The number of ether oxygens (including phenoxy) is 1. The van der Waals surface area contributed by atoms with Crippen molar-refractivity contribution >= 4 is 34.5 Å². The van der Waals surface area contributed by atoms with Gasteiger partial charge in [0.1, 0.15) is 12.4 Å². The molecular formula is C21H18N2O3S. The zero-order valence-corrected chi connectivity index (χ0v) is 15.3. The van der Waals surface area contributed by atoms with E-state index in [1.54, 1.807) is 30.3 Å². The third-order valence-corrected chi connectivity index (χ3v) is 5.25. The summed E-state index contributed by atoms with van der Waals surface area (Å²) >= 11 is 1.38. The van der Waals surface area contributed by atoms with Crippen molar-refractivity contribution in [3.63, 3.8) is 0 Å². The van der Waals surface area contributed by atoms with Crippen LogP contribution in [-0.4, -0.2) is 18.4 Å². The van der Waals surface area contributed by atoms with Gasteiger partial charge in [-0.15, -0.1) is 11.3 Å². The molecule has 1 aliphatic rings. The van der Waals surface area contributed by atoms with Crippen LogP contribution in [0.4, 0.5) is 11.4 Å². The molecular weight excluding hydrogens is 360 g/mol. The highest BCUT2D eigenvalue weighted by molar-refractivity contribution is 7.12. The monoisotopic (exact) mass is 378 g/mol. The number of carbonyl (C=O) groups excluding carboxylic acids is 2. The molecule has 136 valence electrons. The fourth-order valence-electron chi connectivity index (χ4n) is 3.02. The van der Waals surface area contributed by atoms with Crippen molar-refractivity contribution in [3.05, 3.63) is 76.5 Å². The minimum atomic E-state index is -0.246. The molecule has 1 aromatic heterocycles. The van der Waals surface area contributed by atoms with Gasteiger partial charge in [-0.05, 0) is 47.7 Å². The van der Waals surface area contributed by atoms with Gasteiger partial charge in [-0.2, -0.15) is 0 Å². The van der Waals surface area contributed by atoms with Gasteiger partial charge in [-0.25, -0.2) is 0 Å². The molecule has 0 saturated carbocycles. The van der Waals surface area contributed by atoms with E-state index in [1.165, 1.54) is 11.3 Å². The fourth-order valence-corrected chi connectivity index (χ4v) is 3.63. The average molecular weight is 378 g/mol. The first kappa shape index (κ1) is 17.3. The number of anilines is 2. The molecule has 2 N–H and O–H groups in total. The van der Waals surface area contributed by atoms with E-state index in [0.717, 1.165) is 11.3 Å². The maximum absolute atomic E-state index is 12.6. The molecule has 3 aromatic rings. The lowest BCUT2D eigenvalue weighted by molar-refractivity contribution is -0.121. The van der Waals surface area contributed by atoms with E-state index in [1.807, 2.05) is 35.7 Å². The quantitative estimate of drug-likeness (QED) is 0.715. The van der Waals surface area contributed by atoms with E-state index in [4.69, 9.17) is 4.74 Å². The summed E-state index contributed by atoms with van der Waals surface area (Å²) < 4.78 is 5.70. The lowest BCUT2D eigenvalue weighted by Gasteiger charge is -2.24. The smallest absolute Gasteiger partial charge is 0.265 e. The molecule has 6 heteroatoms. The van der Waals surface area contributed by atoms with Crippen molar-refractivity contribution < 1.29 is 14.3 Å². The summed E-state index contributed by atoms with van der Waals surface area (Å²) in [7, 11) is 0. The molecule has 0 spiro atoms. The highest BCUT2D eigenvalue weighted by Gasteiger charge is 2.25. The average Bonchev–Trinajstić information content (AvgIpc) is 3.23. The summed E-state index contributed by atoms with van der Waals surface area (Å²) in [4.78, 5) is 25.4. The van der Waals surface area contributed by atoms with Gasteiger partial charge in [0.25, 0.3) is 5.91 Å². The zero-order valence-electron chi connectivity index (χ0n) is 14.5. The number of hydrogen-bond donors (Lipinski definition) is 2. The van der Waals surface area contributed by atoms with Crippen LogP contribution in [0.3, 0.4) is 0 Å². The Bertz CT molecular complexity index is 969. The number of nitrogens with one attached hydrogen (secondary N) is 2. The molecule has 0 saturated heterocycles. The van der Waals surface area contributed by atoms with Gasteiger partial charge < -0.3 is 15.4 Å². The van der Waals surface area contributed by atoms with Crippen molar-refractivity contribution in [1.82, 2.24) is 0 Å². The predicted molar refractivity (Wildman–Crippen MR) is 106 cm³/mol. The largest absolute Gasteiger partial charge is 0.492 e. The van der Waals surface area contributed by atoms with Crippen molar-refractivity contribution in [2.75, 3.05) is 17.2 Å². The molecule has 0 aliphatic carbocycles. The van der Waals surface area contributed by atoms with E-state index in [2.05, 4.69) is 10.6 Å². The summed E-state index contributed by atoms with van der Waals surface area (Å²) in [6, 6.07) is 18.5. The standard InChI is InChI=1S/C21H18N2O3S/c24-20(15-11-14-5-1-2-8-18(14)26-13-15)22-16-6-3-7-17(12-16)23-21(25)19-9-4-10-27-19/h1-10,12,15H,11,13H2,(H,22,24)(H,23,25). The Labute approximate surface area is 161 Å². The SMILES string of the molecule is O=C(Nc1cccc(NC(=O)C2COc3ccccc3C2)c1)c1cccs1. The Balaban J connectivity index is 1.41. The Hall–Kier alpha value is -3.12. The Morgan fingerprint density at radius 3 is 2.59 bits per heavy atom. The van der Waals surface area contributed by atoms with Gasteiger partial charge >= 0.3 is 0 Å². The molecule has 1 unspecified atom stereocenters. The van der Waals surface area contributed by atoms with E-state index >= 15 is 0 Å². The van der Waals surface area contributed by atoms with Crippen LogP contribution in [0.15, 0.2) is 66.0 Å². The second-order valence-corrected chi connectivity index (χ2v) is 7.27. The maximum atomic E-state index is 12.6. The van der Waals surface area contributed by atoms with Crippen LogP contribution in [-0.2, 0) is 11.2 Å². The van der Waals surface area contributed by atoms with Crippen molar-refractivity contribution in [1.29, 1.82) is 0 Å². The summed E-state index contributed by atoms with van der Waals surface area (Å²) in [5, 5.41) is 7.63. The fraction of sp³-hybridized carbons (Fsp3) is 0.143. The lowest BCUT2D eigenvalue weighted by atomic mass is 9.96. The van der Waals surface area contributed by atoms with Crippen LogP contribution in [0.2, 0.25) is 0 Å². The first-order valence-electron chi connectivity index (χ1n) is 8.65. The topological polar surface area (TPSA) is 67.4 Å². The van der Waals surface area contributed by atoms with Crippen LogP contribution in [0, 0.1) is 5.92 Å². The molecule has 0 bridgehead atoms. The van der Waals surface area contributed by atoms with Crippen molar-refractivity contribution in [2.45, 2.75) is 6.42 Å². The third kappa shape index (κ3) is 4.01. The number of para-hydroxylation sites is 1. The number of carbonyl (C=O) groups is 2. The van der Waals surface area contributed by atoms with Gasteiger partial charge in [0.15, 0.2) is 0 Å². The Kier molecular flexibility index (Phi) is 4.89. The Morgan fingerprint density at radius 2 is 1.78 bits per heavy atom. The highest BCUT2D eigenvalue weighted by atomic mass is 32.1. The van der Waals surface area contributed by atoms with Crippen LogP contribution >= 0.6 is 11.3 Å². The normalized spacial score (nSPS) is 15.3. The zero-order chi connectivity index (χ0) is 18.6. The number of hydrogen-bond acceptors (Lipinski definition) is 4. The van der Waals surface area contributed by atoms with Crippen LogP contribution in [0.5, 0.6) is 5.75 Å². The van der Waals surface area contributed by atoms with Crippen LogP contribution < -0.4 is 15.4 Å². The Morgan fingerprint density at radius 1 is 0.963 bits per heavy atom. The van der Waals surface area contributed by atoms with E-state index in [0.29, 0.717) is 29.3 Å². The first-order valence-corrected chi connectivity index (χ1v) is 9.53. The number of amides is 2. The molecule has 0 fully saturated rings. The second-order valence-electron chi connectivity index (χ2n) is 6.32. The maximum Gasteiger partial charge on any atom is 0.265 e. The van der Waals surface area contributed by atoms with Gasteiger partial charge in [0, 0.05) is 11.4 Å². The summed E-state index contributed by atoms with van der Waals surface area (Å²) in [5.41, 5.74) is 2.32. The minimum Gasteiger partial charge on any atom is -0.492 e. The van der Waals surface area contributed by atoms with Gasteiger partial charge in [-0.3, -0.25) is 9.59 Å². The molecule has 2 amide bonds. The first-order chi connectivity index (χ1) is 13.2. The summed E-state index contributed by atoms with van der Waals surface area (Å²) in [6.07, 6.45) is 0.650. The number of fused-ring (bicyclic) bond motifs is 1. The highest BCUT2D eigenvalue weighted by Crippen LogP contribution is 2.27.